The minimum absolute atomic E-state index is 0.775. The van der Waals surface area contributed by atoms with Crippen LogP contribution in [0.5, 0.6) is 5.75 Å². The maximum atomic E-state index is 5.92. The summed E-state index contributed by atoms with van der Waals surface area (Å²) in [6.45, 7) is 0.775. The van der Waals surface area contributed by atoms with E-state index in [-0.39, 0.29) is 0 Å². The Morgan fingerprint density at radius 2 is 1.61 bits per heavy atom. The van der Waals surface area contributed by atoms with Crippen molar-refractivity contribution < 1.29 is 4.74 Å². The van der Waals surface area contributed by atoms with E-state index in [1.807, 2.05) is 73.8 Å². The molecule has 0 fully saturated rings. The van der Waals surface area contributed by atoms with Gasteiger partial charge >= 0.3 is 0 Å². The summed E-state index contributed by atoms with van der Waals surface area (Å²) in [7, 11) is 1.92. The van der Waals surface area contributed by atoms with Crippen LogP contribution in [0.15, 0.2) is 66.7 Å². The summed E-state index contributed by atoms with van der Waals surface area (Å²) in [5.74, 6) is 1.72. The predicted octanol–water partition coefficient (Wildman–Crippen LogP) is 3.33. The summed E-state index contributed by atoms with van der Waals surface area (Å²) in [5, 5.41) is 3.10. The van der Waals surface area contributed by atoms with Crippen LogP contribution in [0.3, 0.4) is 0 Å². The predicted molar refractivity (Wildman–Crippen MR) is 75.4 cm³/mol. The van der Waals surface area contributed by atoms with Crippen molar-refractivity contribution in [2.45, 2.75) is 0 Å². The Bertz CT molecular complexity index is 491. The van der Waals surface area contributed by atoms with Gasteiger partial charge in [-0.3, -0.25) is 0 Å². The first-order valence-electron chi connectivity index (χ1n) is 6.03. The van der Waals surface area contributed by atoms with Crippen LogP contribution in [0.1, 0.15) is 5.56 Å². The van der Waals surface area contributed by atoms with Crippen LogP contribution in [-0.4, -0.2) is 13.6 Å². The molecule has 0 aromatic heterocycles. The van der Waals surface area contributed by atoms with Gasteiger partial charge in [-0.1, -0.05) is 48.5 Å². The summed E-state index contributed by atoms with van der Waals surface area (Å²) in [6, 6.07) is 19.9. The molecule has 2 aromatic rings. The van der Waals surface area contributed by atoms with E-state index in [0.717, 1.165) is 23.6 Å². The highest BCUT2D eigenvalue weighted by atomic mass is 16.5. The molecule has 2 rings (SSSR count). The Morgan fingerprint density at radius 1 is 1.00 bits per heavy atom. The molecule has 0 saturated carbocycles. The van der Waals surface area contributed by atoms with Crippen LogP contribution in [-0.2, 0) is 0 Å². The fourth-order valence-corrected chi connectivity index (χ4v) is 1.63. The molecular weight excluding hydrogens is 222 g/mol. The molecule has 0 heterocycles. The number of hydrogen-bond acceptors (Lipinski definition) is 2. The zero-order valence-corrected chi connectivity index (χ0v) is 10.5. The van der Waals surface area contributed by atoms with Crippen LogP contribution in [0.25, 0.3) is 5.76 Å². The van der Waals surface area contributed by atoms with Crippen molar-refractivity contribution in [1.29, 1.82) is 0 Å². The number of likely N-dealkylation sites (N-methyl/N-ethyl adjacent to an activating group) is 1. The van der Waals surface area contributed by atoms with Crippen LogP contribution >= 0.6 is 0 Å². The molecule has 0 unspecified atom stereocenters. The lowest BCUT2D eigenvalue weighted by atomic mass is 10.2. The summed E-state index contributed by atoms with van der Waals surface area (Å²) in [6.07, 6.45) is 2.04. The Morgan fingerprint density at radius 3 is 2.22 bits per heavy atom. The fraction of sp³-hybridized carbons (Fsp3) is 0.125. The Hall–Kier alpha value is -2.06. The van der Waals surface area contributed by atoms with Crippen molar-refractivity contribution in [3.63, 3.8) is 0 Å². The van der Waals surface area contributed by atoms with E-state index in [2.05, 4.69) is 5.32 Å². The van der Waals surface area contributed by atoms with Gasteiger partial charge in [0.15, 0.2) is 0 Å². The third kappa shape index (κ3) is 3.47. The molecule has 92 valence electrons. The number of hydrogen-bond donors (Lipinski definition) is 1. The smallest absolute Gasteiger partial charge is 0.131 e. The van der Waals surface area contributed by atoms with Gasteiger partial charge in [0, 0.05) is 12.1 Å². The van der Waals surface area contributed by atoms with Crippen molar-refractivity contribution in [3.05, 3.63) is 72.3 Å². The summed E-state index contributed by atoms with van der Waals surface area (Å²) in [5.41, 5.74) is 1.08. The van der Waals surface area contributed by atoms with Gasteiger partial charge in [-0.05, 0) is 25.3 Å². The van der Waals surface area contributed by atoms with E-state index in [4.69, 9.17) is 4.74 Å². The van der Waals surface area contributed by atoms with Gasteiger partial charge in [0.25, 0.3) is 0 Å². The molecule has 0 amide bonds. The molecule has 0 spiro atoms. The maximum Gasteiger partial charge on any atom is 0.131 e. The molecule has 2 heteroatoms. The van der Waals surface area contributed by atoms with Gasteiger partial charge in [-0.2, -0.15) is 0 Å². The first kappa shape index (κ1) is 12.4. The lowest BCUT2D eigenvalue weighted by Crippen LogP contribution is -2.07. The van der Waals surface area contributed by atoms with Gasteiger partial charge in [0.05, 0.1) is 0 Å². The van der Waals surface area contributed by atoms with Crippen molar-refractivity contribution in [1.82, 2.24) is 5.32 Å². The van der Waals surface area contributed by atoms with Crippen molar-refractivity contribution >= 4 is 5.76 Å². The zero-order valence-electron chi connectivity index (χ0n) is 10.5. The minimum Gasteiger partial charge on any atom is -0.457 e. The molecule has 18 heavy (non-hydrogen) atoms. The zero-order chi connectivity index (χ0) is 12.6. The second-order valence-electron chi connectivity index (χ2n) is 3.91. The van der Waals surface area contributed by atoms with Crippen LogP contribution < -0.4 is 10.1 Å². The molecule has 0 atom stereocenters. The van der Waals surface area contributed by atoms with Crippen molar-refractivity contribution in [3.8, 4) is 5.75 Å². The topological polar surface area (TPSA) is 21.3 Å². The third-order valence-electron chi connectivity index (χ3n) is 2.52. The Balaban J connectivity index is 2.22. The highest BCUT2D eigenvalue weighted by Gasteiger charge is 2.03. The average Bonchev–Trinajstić information content (AvgIpc) is 2.45. The van der Waals surface area contributed by atoms with Gasteiger partial charge < -0.3 is 10.1 Å². The Kier molecular flexibility index (Phi) is 4.56. The maximum absolute atomic E-state index is 5.92. The Labute approximate surface area is 108 Å². The number of rotatable bonds is 5. The third-order valence-corrected chi connectivity index (χ3v) is 2.52. The first-order valence-corrected chi connectivity index (χ1v) is 6.03. The summed E-state index contributed by atoms with van der Waals surface area (Å²) < 4.78 is 5.92. The van der Waals surface area contributed by atoms with Crippen LogP contribution in [0.2, 0.25) is 0 Å². The van der Waals surface area contributed by atoms with Gasteiger partial charge in [0.2, 0.25) is 0 Å². The van der Waals surface area contributed by atoms with E-state index in [1.54, 1.807) is 0 Å². The van der Waals surface area contributed by atoms with E-state index < -0.39 is 0 Å². The highest BCUT2D eigenvalue weighted by molar-refractivity contribution is 5.62. The SMILES string of the molecule is CNCC=C(Oc1ccccc1)c1ccccc1. The molecule has 2 aromatic carbocycles. The molecule has 2 nitrogen and oxygen atoms in total. The van der Waals surface area contributed by atoms with Gasteiger partial charge in [-0.15, -0.1) is 0 Å². The molecule has 0 saturated heterocycles. The fourth-order valence-electron chi connectivity index (χ4n) is 1.63. The standard InChI is InChI=1S/C16H17NO/c1-17-13-12-16(14-8-4-2-5-9-14)18-15-10-6-3-7-11-15/h2-12,17H,13H2,1H3. The van der Waals surface area contributed by atoms with Gasteiger partial charge in [0.1, 0.15) is 11.5 Å². The summed E-state index contributed by atoms with van der Waals surface area (Å²) >= 11 is 0. The monoisotopic (exact) mass is 239 g/mol. The minimum atomic E-state index is 0.775. The van der Waals surface area contributed by atoms with Crippen LogP contribution in [0, 0.1) is 0 Å². The average molecular weight is 239 g/mol. The van der Waals surface area contributed by atoms with E-state index in [0.29, 0.717) is 0 Å². The molecule has 0 radical (unpaired) electrons. The van der Waals surface area contributed by atoms with E-state index >= 15 is 0 Å². The number of ether oxygens (including phenoxy) is 1. The molecule has 0 bridgehead atoms. The molecule has 0 aliphatic heterocycles. The number of para-hydroxylation sites is 1. The quantitative estimate of drug-likeness (QED) is 0.808. The highest BCUT2D eigenvalue weighted by Crippen LogP contribution is 2.20. The number of benzene rings is 2. The first-order chi connectivity index (χ1) is 8.90. The van der Waals surface area contributed by atoms with Crippen LogP contribution in [0.4, 0.5) is 0 Å². The van der Waals surface area contributed by atoms with E-state index in [9.17, 15) is 0 Å². The van der Waals surface area contributed by atoms with E-state index in [1.165, 1.54) is 0 Å². The molecule has 0 aliphatic carbocycles. The molecule has 0 aliphatic rings. The van der Waals surface area contributed by atoms with Crippen molar-refractivity contribution in [2.24, 2.45) is 0 Å². The number of nitrogens with one attached hydrogen (secondary N) is 1. The largest absolute Gasteiger partial charge is 0.457 e. The van der Waals surface area contributed by atoms with Crippen molar-refractivity contribution in [2.75, 3.05) is 13.6 Å². The molecule has 1 N–H and O–H groups in total. The summed E-state index contributed by atoms with van der Waals surface area (Å²) in [4.78, 5) is 0. The second kappa shape index (κ2) is 6.62. The lowest BCUT2D eigenvalue weighted by Gasteiger charge is -2.10. The lowest BCUT2D eigenvalue weighted by molar-refractivity contribution is 0.513. The van der Waals surface area contributed by atoms with Gasteiger partial charge in [-0.25, -0.2) is 0 Å². The molecular formula is C16H17NO. The second-order valence-corrected chi connectivity index (χ2v) is 3.91. The normalized spacial score (nSPS) is 11.3.